The third-order valence-corrected chi connectivity index (χ3v) is 5.40. The van der Waals surface area contributed by atoms with Gasteiger partial charge in [0.05, 0.1) is 18.9 Å². The quantitative estimate of drug-likeness (QED) is 0.261. The fourth-order valence-corrected chi connectivity index (χ4v) is 4.22. The number of halogens is 1. The van der Waals surface area contributed by atoms with Crippen LogP contribution in [0, 0.1) is 0 Å². The van der Waals surface area contributed by atoms with Gasteiger partial charge in [-0.2, -0.15) is 0 Å². The summed E-state index contributed by atoms with van der Waals surface area (Å²) in [4.78, 5) is 4.37. The molecule has 0 saturated heterocycles. The zero-order chi connectivity index (χ0) is 20.6. The maximum absolute atomic E-state index is 12.2. The molecule has 160 valence electrons. The third-order valence-electron chi connectivity index (χ3n) is 3.88. The van der Waals surface area contributed by atoms with Crippen LogP contribution in [0.2, 0.25) is 0 Å². The zero-order valence-corrected chi connectivity index (χ0v) is 20.0. The normalized spacial score (nSPS) is 11.9. The Kier molecular flexibility index (Phi) is 10.6. The molecular weight excluding hydrogens is 503 g/mol. The van der Waals surface area contributed by atoms with Crippen LogP contribution in [0.25, 0.3) is 0 Å². The van der Waals surface area contributed by atoms with Gasteiger partial charge in [0.2, 0.25) is 10.0 Å². The second-order valence-electron chi connectivity index (χ2n) is 6.72. The summed E-state index contributed by atoms with van der Waals surface area (Å²) in [6, 6.07) is 14.8. The van der Waals surface area contributed by atoms with Crippen molar-refractivity contribution in [3.8, 4) is 0 Å². The van der Waals surface area contributed by atoms with Crippen LogP contribution in [0.5, 0.6) is 0 Å². The van der Waals surface area contributed by atoms with Gasteiger partial charge in [0, 0.05) is 24.4 Å². The number of sulfonamides is 1. The number of aliphatic imine (C=N–C) groups is 1. The molecule has 0 aliphatic carbocycles. The summed E-state index contributed by atoms with van der Waals surface area (Å²) in [5.41, 5.74) is 9.33. The Morgan fingerprint density at radius 1 is 1.07 bits per heavy atom. The second-order valence-corrected chi connectivity index (χ2v) is 8.47. The van der Waals surface area contributed by atoms with Gasteiger partial charge in [0.25, 0.3) is 0 Å². The molecule has 9 heteroatoms. The fourth-order valence-electron chi connectivity index (χ4n) is 2.73. The minimum Gasteiger partial charge on any atom is -0.380 e. The van der Waals surface area contributed by atoms with Gasteiger partial charge in [-0.3, -0.25) is 0 Å². The zero-order valence-electron chi connectivity index (χ0n) is 16.9. The van der Waals surface area contributed by atoms with Crippen LogP contribution < -0.4 is 15.8 Å². The van der Waals surface area contributed by atoms with Gasteiger partial charge in [0.15, 0.2) is 5.96 Å². The lowest BCUT2D eigenvalue weighted by Crippen LogP contribution is -2.31. The van der Waals surface area contributed by atoms with E-state index in [1.54, 1.807) is 27.0 Å². The van der Waals surface area contributed by atoms with Gasteiger partial charge >= 0.3 is 0 Å². The van der Waals surface area contributed by atoms with Crippen molar-refractivity contribution in [3.63, 3.8) is 0 Å². The van der Waals surface area contributed by atoms with E-state index in [9.17, 15) is 8.42 Å². The predicted molar refractivity (Wildman–Crippen MR) is 129 cm³/mol. The lowest BCUT2D eigenvalue weighted by atomic mass is 10.1. The standard InChI is InChI=1S/C20H28N4O3S.HI/c1-15(2)24-28(25,26)14-18-10-5-4-8-16(18)12-22-20(21)23-19-11-7-6-9-17(19)13-27-3;/h4-11,15,24H,12-14H2,1-3H3,(H3,21,22,23);1H. The maximum Gasteiger partial charge on any atom is 0.216 e. The Hall–Kier alpha value is -1.69. The van der Waals surface area contributed by atoms with Crippen LogP contribution in [0.1, 0.15) is 30.5 Å². The first-order chi connectivity index (χ1) is 13.3. The molecule has 0 fully saturated rings. The number of hydrogen-bond acceptors (Lipinski definition) is 4. The first kappa shape index (κ1) is 25.3. The molecule has 0 aromatic heterocycles. The Bertz CT molecular complexity index is 917. The van der Waals surface area contributed by atoms with E-state index in [-0.39, 0.29) is 48.3 Å². The van der Waals surface area contributed by atoms with E-state index < -0.39 is 10.0 Å². The fraction of sp³-hybridized carbons (Fsp3) is 0.350. The van der Waals surface area contributed by atoms with Crippen molar-refractivity contribution in [2.75, 3.05) is 12.4 Å². The lowest BCUT2D eigenvalue weighted by molar-refractivity contribution is 0.185. The molecule has 2 rings (SSSR count). The van der Waals surface area contributed by atoms with Gasteiger partial charge < -0.3 is 15.8 Å². The number of para-hydroxylation sites is 1. The summed E-state index contributed by atoms with van der Waals surface area (Å²) in [5.74, 6) is 0.155. The summed E-state index contributed by atoms with van der Waals surface area (Å²) in [6.07, 6.45) is 0. The molecule has 7 nitrogen and oxygen atoms in total. The van der Waals surface area contributed by atoms with E-state index in [4.69, 9.17) is 10.5 Å². The van der Waals surface area contributed by atoms with Crippen molar-refractivity contribution in [1.82, 2.24) is 4.72 Å². The van der Waals surface area contributed by atoms with E-state index in [1.807, 2.05) is 42.5 Å². The molecule has 0 saturated carbocycles. The van der Waals surface area contributed by atoms with Gasteiger partial charge in [-0.05, 0) is 31.0 Å². The van der Waals surface area contributed by atoms with Gasteiger partial charge in [0.1, 0.15) is 0 Å². The number of nitrogens with two attached hydrogens (primary N) is 1. The molecule has 0 radical (unpaired) electrons. The highest BCUT2D eigenvalue weighted by molar-refractivity contribution is 14.0. The number of benzene rings is 2. The first-order valence-corrected chi connectivity index (χ1v) is 10.7. The first-order valence-electron chi connectivity index (χ1n) is 9.01. The number of hydrogen-bond donors (Lipinski definition) is 3. The molecule has 0 aliphatic heterocycles. The number of ether oxygens (including phenoxy) is 1. The average Bonchev–Trinajstić information content (AvgIpc) is 2.61. The van der Waals surface area contributed by atoms with E-state index in [0.29, 0.717) is 12.2 Å². The Morgan fingerprint density at radius 3 is 2.28 bits per heavy atom. The van der Waals surface area contributed by atoms with E-state index in [2.05, 4.69) is 15.0 Å². The van der Waals surface area contributed by atoms with E-state index in [0.717, 1.165) is 16.8 Å². The van der Waals surface area contributed by atoms with Crippen molar-refractivity contribution < 1.29 is 13.2 Å². The minimum atomic E-state index is -3.41. The van der Waals surface area contributed by atoms with Gasteiger partial charge in [-0.15, -0.1) is 24.0 Å². The summed E-state index contributed by atoms with van der Waals surface area (Å²) in [6.45, 7) is 4.32. The van der Waals surface area contributed by atoms with Crippen LogP contribution in [0.4, 0.5) is 5.69 Å². The summed E-state index contributed by atoms with van der Waals surface area (Å²) >= 11 is 0. The number of nitrogens with zero attached hydrogens (tertiary/aromatic N) is 1. The molecule has 29 heavy (non-hydrogen) atoms. The molecule has 2 aromatic rings. The SMILES string of the molecule is COCc1ccccc1NC(N)=NCc1ccccc1CS(=O)(=O)NC(C)C.I. The third kappa shape index (κ3) is 8.69. The van der Waals surface area contributed by atoms with Crippen LogP contribution in [0.3, 0.4) is 0 Å². The van der Waals surface area contributed by atoms with E-state index in [1.165, 1.54) is 0 Å². The molecule has 0 bridgehead atoms. The van der Waals surface area contributed by atoms with Crippen LogP contribution in [-0.2, 0) is 33.7 Å². The highest BCUT2D eigenvalue weighted by atomic mass is 127. The Balaban J connectivity index is 0.00000420. The van der Waals surface area contributed by atoms with Crippen molar-refractivity contribution in [3.05, 3.63) is 65.2 Å². The van der Waals surface area contributed by atoms with Crippen LogP contribution in [0.15, 0.2) is 53.5 Å². The number of guanidine groups is 1. The number of anilines is 1. The van der Waals surface area contributed by atoms with Crippen LogP contribution in [-0.4, -0.2) is 27.5 Å². The molecule has 0 spiro atoms. The highest BCUT2D eigenvalue weighted by Gasteiger charge is 2.15. The lowest BCUT2D eigenvalue weighted by Gasteiger charge is -2.13. The molecule has 4 N–H and O–H groups in total. The number of rotatable bonds is 9. The second kappa shape index (κ2) is 12.1. The molecule has 0 heterocycles. The Labute approximate surface area is 190 Å². The number of nitrogens with one attached hydrogen (secondary N) is 2. The largest absolute Gasteiger partial charge is 0.380 e. The molecule has 0 unspecified atom stereocenters. The molecule has 2 aromatic carbocycles. The van der Waals surface area contributed by atoms with Gasteiger partial charge in [-0.1, -0.05) is 42.5 Å². The van der Waals surface area contributed by atoms with Gasteiger partial charge in [-0.25, -0.2) is 18.1 Å². The molecule has 0 atom stereocenters. The van der Waals surface area contributed by atoms with Crippen molar-refractivity contribution in [1.29, 1.82) is 0 Å². The molecular formula is C20H29IN4O3S. The molecule has 0 aliphatic rings. The Morgan fingerprint density at radius 2 is 1.66 bits per heavy atom. The number of methoxy groups -OCH3 is 1. The highest BCUT2D eigenvalue weighted by Crippen LogP contribution is 2.16. The average molecular weight is 532 g/mol. The minimum absolute atomic E-state index is 0. The maximum atomic E-state index is 12.2. The summed E-state index contributed by atoms with van der Waals surface area (Å²) < 4.78 is 32.3. The van der Waals surface area contributed by atoms with E-state index >= 15 is 0 Å². The van der Waals surface area contributed by atoms with Crippen molar-refractivity contribution >= 4 is 45.6 Å². The topological polar surface area (TPSA) is 106 Å². The van der Waals surface area contributed by atoms with Crippen LogP contribution >= 0.6 is 24.0 Å². The smallest absolute Gasteiger partial charge is 0.216 e. The van der Waals surface area contributed by atoms with Crippen molar-refractivity contribution in [2.45, 2.75) is 38.8 Å². The summed E-state index contributed by atoms with van der Waals surface area (Å²) in [7, 11) is -1.78. The summed E-state index contributed by atoms with van der Waals surface area (Å²) in [5, 5.41) is 3.08. The molecule has 0 amide bonds. The monoisotopic (exact) mass is 532 g/mol. The predicted octanol–water partition coefficient (Wildman–Crippen LogP) is 3.21. The van der Waals surface area contributed by atoms with Crippen molar-refractivity contribution in [2.24, 2.45) is 10.7 Å².